The standard InChI is InChI=1S/C13H15F4NO3/c14-12(15)20-10-2-1-8(11(5-10)21-13(16)17)6-18-9-3-4-19-7-9/h1-2,5,9,12-13,18H,3-4,6-7H2. The monoisotopic (exact) mass is 309 g/mol. The molecule has 8 heteroatoms. The number of hydrogen-bond acceptors (Lipinski definition) is 4. The molecule has 0 radical (unpaired) electrons. The third-order valence-corrected chi connectivity index (χ3v) is 2.99. The Kier molecular flexibility index (Phi) is 5.63. The first-order chi connectivity index (χ1) is 10.0. The second-order valence-electron chi connectivity index (χ2n) is 4.47. The summed E-state index contributed by atoms with van der Waals surface area (Å²) in [5.74, 6) is -0.414. The quantitative estimate of drug-likeness (QED) is 0.786. The first-order valence-corrected chi connectivity index (χ1v) is 6.38. The van der Waals surface area contributed by atoms with Gasteiger partial charge in [-0.3, -0.25) is 0 Å². The van der Waals surface area contributed by atoms with E-state index in [1.165, 1.54) is 12.1 Å². The average molecular weight is 309 g/mol. The smallest absolute Gasteiger partial charge is 0.387 e. The zero-order chi connectivity index (χ0) is 15.2. The molecular formula is C13H15F4NO3. The van der Waals surface area contributed by atoms with Crippen LogP contribution in [0.1, 0.15) is 12.0 Å². The van der Waals surface area contributed by atoms with E-state index in [4.69, 9.17) is 4.74 Å². The fourth-order valence-electron chi connectivity index (χ4n) is 2.01. The summed E-state index contributed by atoms with van der Waals surface area (Å²) in [5.41, 5.74) is 0.434. The van der Waals surface area contributed by atoms with Crippen LogP contribution in [0, 0.1) is 0 Å². The zero-order valence-corrected chi connectivity index (χ0v) is 11.0. The van der Waals surface area contributed by atoms with Crippen molar-refractivity contribution in [2.24, 2.45) is 0 Å². The molecule has 1 saturated heterocycles. The molecule has 1 aromatic carbocycles. The van der Waals surface area contributed by atoms with Crippen molar-refractivity contribution in [3.05, 3.63) is 23.8 Å². The molecule has 4 nitrogen and oxygen atoms in total. The molecule has 0 spiro atoms. The van der Waals surface area contributed by atoms with E-state index in [9.17, 15) is 17.6 Å². The molecule has 1 aromatic rings. The Labute approximate surface area is 119 Å². The number of hydrogen-bond donors (Lipinski definition) is 1. The highest BCUT2D eigenvalue weighted by atomic mass is 19.3. The van der Waals surface area contributed by atoms with Crippen LogP contribution in [-0.2, 0) is 11.3 Å². The molecule has 1 fully saturated rings. The van der Waals surface area contributed by atoms with Crippen molar-refractivity contribution in [3.8, 4) is 11.5 Å². The summed E-state index contributed by atoms with van der Waals surface area (Å²) in [6.07, 6.45) is 0.831. The van der Waals surface area contributed by atoms with Gasteiger partial charge in [-0.25, -0.2) is 0 Å². The number of alkyl halides is 4. The normalized spacial score (nSPS) is 18.5. The van der Waals surface area contributed by atoms with E-state index in [0.717, 1.165) is 12.5 Å². The molecule has 1 atom stereocenters. The first kappa shape index (κ1) is 15.8. The van der Waals surface area contributed by atoms with Gasteiger partial charge in [0, 0.05) is 30.8 Å². The largest absolute Gasteiger partial charge is 0.435 e. The Morgan fingerprint density at radius 2 is 1.95 bits per heavy atom. The van der Waals surface area contributed by atoms with Gasteiger partial charge in [0.05, 0.1) is 6.61 Å². The van der Waals surface area contributed by atoms with Crippen molar-refractivity contribution in [1.82, 2.24) is 5.32 Å². The molecule has 1 unspecified atom stereocenters. The van der Waals surface area contributed by atoms with E-state index in [0.29, 0.717) is 18.8 Å². The molecule has 1 aliphatic heterocycles. The lowest BCUT2D eigenvalue weighted by atomic mass is 10.1. The minimum atomic E-state index is -3.04. The van der Waals surface area contributed by atoms with Crippen molar-refractivity contribution in [3.63, 3.8) is 0 Å². The summed E-state index contributed by atoms with van der Waals surface area (Å²) < 4.78 is 62.7. The van der Waals surface area contributed by atoms with Crippen molar-refractivity contribution < 1.29 is 31.8 Å². The third-order valence-electron chi connectivity index (χ3n) is 2.99. The van der Waals surface area contributed by atoms with Crippen molar-refractivity contribution >= 4 is 0 Å². The van der Waals surface area contributed by atoms with E-state index in [1.54, 1.807) is 0 Å². The Morgan fingerprint density at radius 3 is 2.57 bits per heavy atom. The summed E-state index contributed by atoms with van der Waals surface area (Å²) in [6, 6.07) is 3.87. The predicted molar refractivity (Wildman–Crippen MR) is 65.8 cm³/mol. The second kappa shape index (κ2) is 7.46. The molecule has 21 heavy (non-hydrogen) atoms. The van der Waals surface area contributed by atoms with Gasteiger partial charge in [0.1, 0.15) is 11.5 Å². The maximum absolute atomic E-state index is 12.4. The molecule has 118 valence electrons. The third kappa shape index (κ3) is 5.05. The molecule has 2 rings (SSSR count). The molecular weight excluding hydrogens is 294 g/mol. The van der Waals surface area contributed by atoms with Gasteiger partial charge in [-0.1, -0.05) is 6.07 Å². The number of rotatable bonds is 7. The van der Waals surface area contributed by atoms with Crippen LogP contribution in [-0.4, -0.2) is 32.5 Å². The predicted octanol–water partition coefficient (Wildman–Crippen LogP) is 2.77. The second-order valence-corrected chi connectivity index (χ2v) is 4.47. The molecule has 1 aliphatic rings. The van der Waals surface area contributed by atoms with Crippen LogP contribution in [0.2, 0.25) is 0 Å². The van der Waals surface area contributed by atoms with Gasteiger partial charge < -0.3 is 19.5 Å². The Balaban J connectivity index is 2.06. The van der Waals surface area contributed by atoms with Crippen molar-refractivity contribution in [1.29, 1.82) is 0 Å². The molecule has 1 N–H and O–H groups in total. The molecule has 0 aliphatic carbocycles. The fourth-order valence-corrected chi connectivity index (χ4v) is 2.01. The van der Waals surface area contributed by atoms with Gasteiger partial charge in [-0.15, -0.1) is 0 Å². The maximum Gasteiger partial charge on any atom is 0.387 e. The molecule has 0 bridgehead atoms. The lowest BCUT2D eigenvalue weighted by Gasteiger charge is -2.15. The lowest BCUT2D eigenvalue weighted by molar-refractivity contribution is -0.0547. The fraction of sp³-hybridized carbons (Fsp3) is 0.538. The van der Waals surface area contributed by atoms with Gasteiger partial charge in [-0.2, -0.15) is 17.6 Å². The topological polar surface area (TPSA) is 39.7 Å². The van der Waals surface area contributed by atoms with Crippen LogP contribution < -0.4 is 14.8 Å². The molecule has 0 saturated carbocycles. The zero-order valence-electron chi connectivity index (χ0n) is 11.0. The van der Waals surface area contributed by atoms with Crippen LogP contribution in [0.3, 0.4) is 0 Å². The number of nitrogens with one attached hydrogen (secondary N) is 1. The van der Waals surface area contributed by atoms with Crippen molar-refractivity contribution in [2.75, 3.05) is 13.2 Å². The maximum atomic E-state index is 12.4. The van der Waals surface area contributed by atoms with Gasteiger partial charge in [0.15, 0.2) is 0 Å². The Bertz CT molecular complexity index is 453. The van der Waals surface area contributed by atoms with Gasteiger partial charge in [0.25, 0.3) is 0 Å². The van der Waals surface area contributed by atoms with E-state index in [2.05, 4.69) is 14.8 Å². The van der Waals surface area contributed by atoms with E-state index >= 15 is 0 Å². The highest BCUT2D eigenvalue weighted by Gasteiger charge is 2.17. The van der Waals surface area contributed by atoms with Crippen LogP contribution in [0.25, 0.3) is 0 Å². The molecule has 1 heterocycles. The first-order valence-electron chi connectivity index (χ1n) is 6.38. The highest BCUT2D eigenvalue weighted by molar-refractivity contribution is 5.40. The number of benzene rings is 1. The minimum Gasteiger partial charge on any atom is -0.435 e. The molecule has 0 amide bonds. The van der Waals surface area contributed by atoms with Gasteiger partial charge >= 0.3 is 13.2 Å². The van der Waals surface area contributed by atoms with Gasteiger partial charge in [-0.05, 0) is 12.5 Å². The van der Waals surface area contributed by atoms with E-state index in [-0.39, 0.29) is 24.1 Å². The number of halogens is 4. The minimum absolute atomic E-state index is 0.140. The van der Waals surface area contributed by atoms with Crippen LogP contribution in [0.5, 0.6) is 11.5 Å². The summed E-state index contributed by atoms with van der Waals surface area (Å²) in [5, 5.41) is 3.13. The summed E-state index contributed by atoms with van der Waals surface area (Å²) in [7, 11) is 0. The SMILES string of the molecule is FC(F)Oc1ccc(CNC2CCOC2)c(OC(F)F)c1. The van der Waals surface area contributed by atoms with Crippen LogP contribution >= 0.6 is 0 Å². The Hall–Kier alpha value is -1.54. The van der Waals surface area contributed by atoms with E-state index in [1.807, 2.05) is 0 Å². The van der Waals surface area contributed by atoms with Gasteiger partial charge in [0.2, 0.25) is 0 Å². The summed E-state index contributed by atoms with van der Waals surface area (Å²) in [4.78, 5) is 0. The highest BCUT2D eigenvalue weighted by Crippen LogP contribution is 2.27. The summed E-state index contributed by atoms with van der Waals surface area (Å²) >= 11 is 0. The average Bonchev–Trinajstić information content (AvgIpc) is 2.89. The lowest BCUT2D eigenvalue weighted by Crippen LogP contribution is -2.28. The summed E-state index contributed by atoms with van der Waals surface area (Å²) in [6.45, 7) is -4.59. The van der Waals surface area contributed by atoms with Crippen molar-refractivity contribution in [2.45, 2.75) is 32.2 Å². The Morgan fingerprint density at radius 1 is 1.19 bits per heavy atom. The molecule has 0 aromatic heterocycles. The van der Waals surface area contributed by atoms with E-state index < -0.39 is 13.2 Å². The number of ether oxygens (including phenoxy) is 3. The van der Waals surface area contributed by atoms with Crippen LogP contribution in [0.15, 0.2) is 18.2 Å². The van der Waals surface area contributed by atoms with Crippen LogP contribution in [0.4, 0.5) is 17.6 Å².